The molecule has 6 aromatic rings. The first-order chi connectivity index (χ1) is 67.8. The van der Waals surface area contributed by atoms with Gasteiger partial charge in [0, 0.05) is 117 Å². The van der Waals surface area contributed by atoms with E-state index in [1.54, 1.807) is 40.2 Å². The van der Waals surface area contributed by atoms with Crippen LogP contribution in [0.2, 0.25) is 0 Å². The van der Waals surface area contributed by atoms with Crippen LogP contribution in [0.3, 0.4) is 0 Å². The molecule has 1 N–H and O–H groups in total. The summed E-state index contributed by atoms with van der Waals surface area (Å²) in [6.07, 6.45) is 32.6. The summed E-state index contributed by atoms with van der Waals surface area (Å²) in [5, 5.41) is 17.4. The molecule has 0 unspecified atom stereocenters. The average molecular weight is 2120 g/mol. The molecule has 0 amide bonds. The normalized spacial score (nSPS) is 17.6. The summed E-state index contributed by atoms with van der Waals surface area (Å²) >= 11 is 5.09. The minimum atomic E-state index is -3.02. The van der Waals surface area contributed by atoms with Gasteiger partial charge < -0.3 is 67.2 Å². The fraction of sp³-hybridized carbons (Fsp3) is 0.807. The van der Waals surface area contributed by atoms with Crippen molar-refractivity contribution in [3.63, 3.8) is 0 Å². The molecule has 0 saturated carbocycles. The highest BCUT2D eigenvalue weighted by Crippen LogP contribution is 2.32. The number of pyridine rings is 2. The van der Waals surface area contributed by atoms with Crippen molar-refractivity contribution in [3.05, 3.63) is 118 Å². The zero-order valence-electron chi connectivity index (χ0n) is 100. The Morgan fingerprint density at radius 3 is 1.25 bits per heavy atom. The maximum absolute atomic E-state index is 11.3. The van der Waals surface area contributed by atoms with E-state index in [0.717, 1.165) is 145 Å². The lowest BCUT2D eigenvalue weighted by Crippen LogP contribution is -2.44. The lowest BCUT2D eigenvalue weighted by molar-refractivity contribution is -0.100. The quantitative estimate of drug-likeness (QED) is 0.0631. The van der Waals surface area contributed by atoms with Crippen LogP contribution in [0.5, 0.6) is 5.88 Å². The van der Waals surface area contributed by atoms with Gasteiger partial charge in [-0.05, 0) is 424 Å². The van der Waals surface area contributed by atoms with E-state index in [-0.39, 0.29) is 39.7 Å². The molecule has 7 fully saturated rings. The van der Waals surface area contributed by atoms with Crippen LogP contribution in [0.4, 0.5) is 5.13 Å². The van der Waals surface area contributed by atoms with E-state index in [1.807, 2.05) is 113 Å². The van der Waals surface area contributed by atoms with E-state index < -0.39 is 10.0 Å². The molecule has 7 saturated heterocycles. The molecule has 146 heavy (non-hydrogen) atoms. The molecule has 23 nitrogen and oxygen atoms in total. The third kappa shape index (κ3) is 73.0. The maximum Gasteiger partial charge on any atom is 0.213 e. The van der Waals surface area contributed by atoms with E-state index in [9.17, 15) is 8.42 Å². The van der Waals surface area contributed by atoms with Gasteiger partial charge in [0.25, 0.3) is 0 Å². The number of anilines is 1. The van der Waals surface area contributed by atoms with Crippen LogP contribution in [0.1, 0.15) is 398 Å². The number of thiazole rings is 3. The SMILES string of the molecule is CC(C)(C)CCC1CCN(CCO)CC1.CC(C)(C)CCc1ccccn1.CC(C)(C)N1CCCCC1.CC(C)(C)OC1CCN(S(C)(=O)=O)CC1.CC(C)(C)OC1CCOCC1.CC(C)(C)OCC1CCOCC1.CC(C)(C)Oc1ccccn1.CC(C)c1csc(-n2cccc2)n1.CC(C)c1cscn1.CCN(CC)c1nc(C(C)C)cs1.CN1CCC(COC(C)(C)C)CC1.CN1CCC(COC(C)(C)C)CC1. The Bertz CT molecular complexity index is 4160. The van der Waals surface area contributed by atoms with Crippen LogP contribution in [0.15, 0.2) is 95.0 Å². The third-order valence-electron chi connectivity index (χ3n) is 25.1. The summed E-state index contributed by atoms with van der Waals surface area (Å²) in [7, 11) is 1.38. The summed E-state index contributed by atoms with van der Waals surface area (Å²) in [4.78, 5) is 33.6. The number of hydrogen-bond acceptors (Lipinski definition) is 24. The molecule has 7 aliphatic heterocycles. The number of aromatic nitrogens is 6. The van der Waals surface area contributed by atoms with Crippen molar-refractivity contribution >= 4 is 49.2 Å². The van der Waals surface area contributed by atoms with Gasteiger partial charge in [0.2, 0.25) is 15.9 Å². The molecule has 0 atom stereocenters. The molecule has 7 aliphatic rings. The lowest BCUT2D eigenvalue weighted by atomic mass is 9.83. The first-order valence-electron chi connectivity index (χ1n) is 55.8. The van der Waals surface area contributed by atoms with Gasteiger partial charge in [-0.1, -0.05) is 102 Å². The molecule has 846 valence electrons. The number of aryl methyl sites for hydroxylation is 1. The molecule has 0 spiro atoms. The number of aliphatic hydroxyl groups is 1. The first-order valence-corrected chi connectivity index (χ1v) is 60.4. The first kappa shape index (κ1) is 138. The summed E-state index contributed by atoms with van der Waals surface area (Å²) < 4.78 is 71.0. The van der Waals surface area contributed by atoms with Crippen LogP contribution in [0, 0.1) is 34.5 Å². The van der Waals surface area contributed by atoms with E-state index in [0.29, 0.717) is 65.8 Å². The zero-order chi connectivity index (χ0) is 110. The number of ether oxygens (including phenoxy) is 8. The molecule has 6 aromatic heterocycles. The number of hydrogen-bond donors (Lipinski definition) is 1. The molecule has 13 rings (SSSR count). The largest absolute Gasteiger partial charge is 0.472 e. The van der Waals surface area contributed by atoms with Crippen LogP contribution < -0.4 is 9.64 Å². The minimum Gasteiger partial charge on any atom is -0.472 e. The maximum atomic E-state index is 11.3. The third-order valence-corrected chi connectivity index (χ3v) is 28.8. The van der Waals surface area contributed by atoms with Gasteiger partial charge in [0.15, 0.2) is 10.3 Å². The second-order valence-electron chi connectivity index (χ2n) is 50.8. The lowest BCUT2D eigenvalue weighted by Gasteiger charge is -2.38. The van der Waals surface area contributed by atoms with E-state index in [4.69, 9.17) is 43.0 Å². The number of rotatable bonds is 23. The highest BCUT2D eigenvalue weighted by Gasteiger charge is 2.31. The predicted molar refractivity (Wildman–Crippen MR) is 624 cm³/mol. The number of nitrogens with zero attached hydrogens (tertiary/aromatic N) is 12. The van der Waals surface area contributed by atoms with Crippen molar-refractivity contribution in [2.45, 2.75) is 433 Å². The minimum absolute atomic E-state index is 0.00199. The van der Waals surface area contributed by atoms with Crippen molar-refractivity contribution in [1.82, 2.24) is 53.4 Å². The Hall–Kier alpha value is -4.50. The monoisotopic (exact) mass is 2120 g/mol. The van der Waals surface area contributed by atoms with Gasteiger partial charge in [0.1, 0.15) is 5.60 Å². The van der Waals surface area contributed by atoms with Crippen molar-refractivity contribution in [2.24, 2.45) is 34.5 Å². The molecule has 0 radical (unpaired) electrons. The second kappa shape index (κ2) is 70.8. The van der Waals surface area contributed by atoms with Crippen molar-refractivity contribution in [2.75, 3.05) is 163 Å². The molecule has 0 aromatic carbocycles. The topological polar surface area (TPSA) is 217 Å². The molecule has 27 heteroatoms. The fourth-order valence-electron chi connectivity index (χ4n) is 16.0. The number of aliphatic hydroxyl groups excluding tert-OH is 1. The van der Waals surface area contributed by atoms with Gasteiger partial charge in [-0.2, -0.15) is 0 Å². The molecule has 13 heterocycles. The second-order valence-corrected chi connectivity index (χ2v) is 55.2. The van der Waals surface area contributed by atoms with Gasteiger partial charge in [-0.15, -0.1) is 34.0 Å². The smallest absolute Gasteiger partial charge is 0.213 e. The van der Waals surface area contributed by atoms with Crippen LogP contribution >= 0.6 is 34.0 Å². The van der Waals surface area contributed by atoms with Gasteiger partial charge >= 0.3 is 0 Å². The fourth-order valence-corrected chi connectivity index (χ4v) is 19.6. The van der Waals surface area contributed by atoms with Crippen molar-refractivity contribution < 1.29 is 51.4 Å². The van der Waals surface area contributed by atoms with Gasteiger partial charge in [-0.3, -0.25) is 9.88 Å². The van der Waals surface area contributed by atoms with E-state index in [2.05, 4.69) is 287 Å². The number of likely N-dealkylation sites (tertiary alicyclic amines) is 4. The van der Waals surface area contributed by atoms with Crippen LogP contribution in [-0.2, 0) is 49.6 Å². The Kier molecular flexibility index (Phi) is 66.7. The van der Waals surface area contributed by atoms with E-state index >= 15 is 0 Å². The van der Waals surface area contributed by atoms with Crippen LogP contribution in [0.25, 0.3) is 5.13 Å². The standard InChI is InChI=1S/C13H27NO.2C11H23NO.C11H17N.C10H12N2S.C10H18N2S.C10H21NO3S.C10H20O2.C9H13NO.C9H19N.C9H18O2.C6H9NS/c1-13(2,3)7-4-12-5-8-14(9-6-12)10-11-15;2*1-11(2,3)13-9-10-5-7-12(4)8-6-10;1-11(2,3)8-7-10-6-4-5-9-12-10;1-8(2)9-7-13-10(11-9)12-5-3-4-6-12;1-5-12(6-2)10-11-9(7-13-10)8(3)4;1-10(2,3)14-9-5-7-11(8-6-9)15(4,12)13;1-10(2,3)12-8-9-4-6-11-7-5-9;1-9(2,3)11-8-6-4-5-7-10-8;1-9(2,3)10-7-5-4-6-8-10;1-9(2,3)11-8-4-6-10-7-5-8;1-5(2)6-3-8-4-7-6/h12,15H,4-11H2,1-3H3;2*10H,5-9H2,1-4H3;4-6,9H,7-8H2,1-3H3;3-8H,1-2H3;7-8H,5-6H2,1-4H3;9H,5-8H2,1-4H3;9H,4-8H2,1-3H3;4-7H,1-3H3;4-8H2,1-3H3;8H,4-7H2,1-3H3;3-5H,1-2H3. The molecular formula is C119H220N12O11S4. The Labute approximate surface area is 907 Å². The van der Waals surface area contributed by atoms with Gasteiger partial charge in [-0.25, -0.2) is 32.7 Å². The number of β-amino-alcohol motifs (C(OH)–C–C–N with tert-alkyl or cyclic N) is 1. The molecule has 0 aliphatic carbocycles. The summed E-state index contributed by atoms with van der Waals surface area (Å²) in [6.45, 7) is 96.1. The number of piperidine rings is 5. The predicted octanol–water partition coefficient (Wildman–Crippen LogP) is 28.3. The molecular weight excluding hydrogens is 1900 g/mol. The van der Waals surface area contributed by atoms with Crippen LogP contribution in [-0.4, -0.2) is 277 Å². The van der Waals surface area contributed by atoms with E-state index in [1.165, 1.54) is 163 Å². The number of sulfonamides is 1. The average Bonchev–Trinajstić information content (AvgIpc) is 1.25. The summed E-state index contributed by atoms with van der Waals surface area (Å²) in [6, 6.07) is 15.7. The Morgan fingerprint density at radius 1 is 0.459 bits per heavy atom. The Balaban J connectivity index is 0.000000540. The highest BCUT2D eigenvalue weighted by atomic mass is 32.2. The zero-order valence-corrected chi connectivity index (χ0v) is 104. The van der Waals surface area contributed by atoms with Gasteiger partial charge in [0.05, 0.1) is 95.5 Å². The highest BCUT2D eigenvalue weighted by molar-refractivity contribution is 7.88. The van der Waals surface area contributed by atoms with Crippen molar-refractivity contribution in [3.8, 4) is 11.0 Å². The molecule has 0 bridgehead atoms. The summed E-state index contributed by atoms with van der Waals surface area (Å²) in [5.74, 6) is 5.55. The Morgan fingerprint density at radius 2 is 0.890 bits per heavy atom. The van der Waals surface area contributed by atoms with Crippen molar-refractivity contribution in [1.29, 1.82) is 0 Å². The summed E-state index contributed by atoms with van der Waals surface area (Å²) in [5.41, 5.74) is 7.75.